The maximum atomic E-state index is 13.4. The molecule has 3 heterocycles. The van der Waals surface area contributed by atoms with Crippen LogP contribution >= 0.6 is 0 Å². The summed E-state index contributed by atoms with van der Waals surface area (Å²) < 4.78 is 47.6. The third-order valence-electron chi connectivity index (χ3n) is 5.68. The second-order valence-electron chi connectivity index (χ2n) is 7.80. The van der Waals surface area contributed by atoms with Crippen molar-refractivity contribution < 1.29 is 27.4 Å². The zero-order valence-electron chi connectivity index (χ0n) is 17.7. The van der Waals surface area contributed by atoms with Crippen LogP contribution in [0.25, 0.3) is 10.8 Å². The van der Waals surface area contributed by atoms with E-state index in [1.54, 1.807) is 30.6 Å². The van der Waals surface area contributed by atoms with Gasteiger partial charge in [0.2, 0.25) is 0 Å². The standard InChI is InChI=1S/C25H18F3N3O3/c26-25(27,28)34-19-9-7-18(8-10-19)24(11-13-33-21-6-3-12-29-22(21)24)31-23(32)20-14-16-4-1-2-5-17(16)15-30-20/h1-10,12,14-15H,11,13H2,(H,31,32). The first-order valence-corrected chi connectivity index (χ1v) is 10.5. The van der Waals surface area contributed by atoms with Crippen LogP contribution < -0.4 is 14.8 Å². The van der Waals surface area contributed by atoms with E-state index in [0.717, 1.165) is 10.8 Å². The predicted molar refractivity (Wildman–Crippen MR) is 117 cm³/mol. The molecule has 0 saturated carbocycles. The highest BCUT2D eigenvalue weighted by Crippen LogP contribution is 2.41. The van der Waals surface area contributed by atoms with Crippen LogP contribution in [-0.4, -0.2) is 28.8 Å². The Morgan fingerprint density at radius 2 is 1.76 bits per heavy atom. The lowest BCUT2D eigenvalue weighted by Gasteiger charge is -2.39. The van der Waals surface area contributed by atoms with Crippen molar-refractivity contribution in [3.8, 4) is 11.5 Å². The number of hydrogen-bond acceptors (Lipinski definition) is 5. The van der Waals surface area contributed by atoms with Gasteiger partial charge in [0.05, 0.1) is 6.61 Å². The second kappa shape index (κ2) is 8.33. The van der Waals surface area contributed by atoms with Crippen molar-refractivity contribution in [2.24, 2.45) is 0 Å². The molecule has 5 rings (SSSR count). The fourth-order valence-electron chi connectivity index (χ4n) is 4.14. The molecule has 34 heavy (non-hydrogen) atoms. The highest BCUT2D eigenvalue weighted by molar-refractivity contribution is 5.97. The normalized spacial score (nSPS) is 17.5. The lowest BCUT2D eigenvalue weighted by molar-refractivity contribution is -0.274. The molecule has 2 aromatic carbocycles. The molecule has 0 radical (unpaired) electrons. The van der Waals surface area contributed by atoms with E-state index in [1.807, 2.05) is 24.3 Å². The van der Waals surface area contributed by atoms with Gasteiger partial charge in [-0.05, 0) is 41.3 Å². The summed E-state index contributed by atoms with van der Waals surface area (Å²) in [5.41, 5.74) is 0.0640. The van der Waals surface area contributed by atoms with Crippen LogP contribution in [0.5, 0.6) is 11.5 Å². The predicted octanol–water partition coefficient (Wildman–Crippen LogP) is 4.98. The van der Waals surface area contributed by atoms with E-state index >= 15 is 0 Å². The largest absolute Gasteiger partial charge is 0.573 e. The molecule has 172 valence electrons. The first kappa shape index (κ1) is 21.7. The van der Waals surface area contributed by atoms with Crippen molar-refractivity contribution in [3.05, 3.63) is 96.1 Å². The van der Waals surface area contributed by atoms with Crippen molar-refractivity contribution in [1.29, 1.82) is 0 Å². The van der Waals surface area contributed by atoms with Crippen molar-refractivity contribution in [2.75, 3.05) is 6.61 Å². The summed E-state index contributed by atoms with van der Waals surface area (Å²) in [6.07, 6.45) is -1.29. The zero-order valence-corrected chi connectivity index (χ0v) is 17.7. The first-order valence-electron chi connectivity index (χ1n) is 10.5. The van der Waals surface area contributed by atoms with Gasteiger partial charge in [-0.3, -0.25) is 14.8 Å². The van der Waals surface area contributed by atoms with E-state index < -0.39 is 17.8 Å². The molecule has 0 spiro atoms. The lowest BCUT2D eigenvalue weighted by Crippen LogP contribution is -2.50. The molecular weight excluding hydrogens is 447 g/mol. The Bertz CT molecular complexity index is 1360. The minimum atomic E-state index is -4.80. The van der Waals surface area contributed by atoms with Gasteiger partial charge in [-0.2, -0.15) is 0 Å². The Balaban J connectivity index is 1.56. The van der Waals surface area contributed by atoms with Crippen LogP contribution in [0.3, 0.4) is 0 Å². The number of pyridine rings is 2. The molecule has 0 saturated heterocycles. The number of rotatable bonds is 4. The number of alkyl halides is 3. The summed E-state index contributed by atoms with van der Waals surface area (Å²) in [5.74, 6) is -0.321. The average molecular weight is 465 g/mol. The second-order valence-corrected chi connectivity index (χ2v) is 7.80. The average Bonchev–Trinajstić information content (AvgIpc) is 2.83. The van der Waals surface area contributed by atoms with Crippen molar-refractivity contribution in [3.63, 3.8) is 0 Å². The highest BCUT2D eigenvalue weighted by atomic mass is 19.4. The lowest BCUT2D eigenvalue weighted by atomic mass is 9.81. The maximum Gasteiger partial charge on any atom is 0.573 e. The molecule has 1 aliphatic heterocycles. The number of benzene rings is 2. The van der Waals surface area contributed by atoms with Crippen LogP contribution in [0, 0.1) is 0 Å². The molecule has 1 amide bonds. The highest BCUT2D eigenvalue weighted by Gasteiger charge is 2.43. The molecule has 2 aromatic heterocycles. The summed E-state index contributed by atoms with van der Waals surface area (Å²) in [5, 5.41) is 4.80. The summed E-state index contributed by atoms with van der Waals surface area (Å²) >= 11 is 0. The van der Waals surface area contributed by atoms with Gasteiger partial charge >= 0.3 is 6.36 Å². The van der Waals surface area contributed by atoms with Gasteiger partial charge in [0, 0.05) is 24.2 Å². The first-order chi connectivity index (χ1) is 16.3. The number of ether oxygens (including phenoxy) is 2. The van der Waals surface area contributed by atoms with Crippen molar-refractivity contribution >= 4 is 16.7 Å². The molecule has 0 fully saturated rings. The fourth-order valence-corrected chi connectivity index (χ4v) is 4.14. The number of halogens is 3. The van der Waals surface area contributed by atoms with E-state index in [0.29, 0.717) is 23.4 Å². The van der Waals surface area contributed by atoms with Crippen LogP contribution in [-0.2, 0) is 5.54 Å². The zero-order chi connectivity index (χ0) is 23.8. The maximum absolute atomic E-state index is 13.4. The number of amides is 1. The molecule has 9 heteroatoms. The van der Waals surface area contributed by atoms with Gasteiger partial charge in [0.1, 0.15) is 28.4 Å². The number of aromatic nitrogens is 2. The fraction of sp³-hybridized carbons (Fsp3) is 0.160. The molecule has 1 N–H and O–H groups in total. The molecule has 1 atom stereocenters. The third kappa shape index (κ3) is 4.12. The Hall–Kier alpha value is -4.14. The molecule has 6 nitrogen and oxygen atoms in total. The minimum Gasteiger partial charge on any atom is -0.491 e. The number of nitrogens with zero attached hydrogens (tertiary/aromatic N) is 2. The van der Waals surface area contributed by atoms with E-state index in [9.17, 15) is 18.0 Å². The number of nitrogens with one attached hydrogen (secondary N) is 1. The van der Waals surface area contributed by atoms with E-state index in [2.05, 4.69) is 20.0 Å². The quantitative estimate of drug-likeness (QED) is 0.460. The van der Waals surface area contributed by atoms with Gasteiger partial charge in [-0.15, -0.1) is 13.2 Å². The Morgan fingerprint density at radius 3 is 2.53 bits per heavy atom. The van der Waals surface area contributed by atoms with Crippen molar-refractivity contribution in [2.45, 2.75) is 18.3 Å². The molecule has 1 unspecified atom stereocenters. The SMILES string of the molecule is O=C(NC1(c2ccc(OC(F)(F)F)cc2)CCOc2cccnc21)c1cc2ccccc2cn1. The smallest absolute Gasteiger partial charge is 0.491 e. The number of fused-ring (bicyclic) bond motifs is 2. The summed E-state index contributed by atoms with van der Waals surface area (Å²) in [7, 11) is 0. The minimum absolute atomic E-state index is 0.207. The molecular formula is C25H18F3N3O3. The number of carbonyl (C=O) groups is 1. The Kier molecular flexibility index (Phi) is 5.31. The summed E-state index contributed by atoms with van der Waals surface area (Å²) in [6, 6.07) is 18.1. The number of hydrogen-bond donors (Lipinski definition) is 1. The van der Waals surface area contributed by atoms with Gasteiger partial charge < -0.3 is 14.8 Å². The van der Waals surface area contributed by atoms with Crippen LogP contribution in [0.4, 0.5) is 13.2 Å². The van der Waals surface area contributed by atoms with Crippen LogP contribution in [0.1, 0.15) is 28.2 Å². The van der Waals surface area contributed by atoms with Gasteiger partial charge in [0.15, 0.2) is 0 Å². The van der Waals surface area contributed by atoms with Crippen molar-refractivity contribution in [1.82, 2.24) is 15.3 Å². The third-order valence-corrected chi connectivity index (χ3v) is 5.68. The topological polar surface area (TPSA) is 73.3 Å². The number of carbonyl (C=O) groups excluding carboxylic acids is 1. The van der Waals surface area contributed by atoms with Gasteiger partial charge in [-0.1, -0.05) is 36.4 Å². The van der Waals surface area contributed by atoms with Crippen LogP contribution in [0.15, 0.2) is 79.1 Å². The molecule has 4 aromatic rings. The van der Waals surface area contributed by atoms with E-state index in [1.165, 1.54) is 24.3 Å². The van der Waals surface area contributed by atoms with E-state index in [-0.39, 0.29) is 18.1 Å². The van der Waals surface area contributed by atoms with Crippen LogP contribution in [0.2, 0.25) is 0 Å². The van der Waals surface area contributed by atoms with Gasteiger partial charge in [-0.25, -0.2) is 0 Å². The Morgan fingerprint density at radius 1 is 1.00 bits per heavy atom. The molecule has 0 bridgehead atoms. The summed E-state index contributed by atoms with van der Waals surface area (Å²) in [4.78, 5) is 22.1. The van der Waals surface area contributed by atoms with Gasteiger partial charge in [0.25, 0.3) is 5.91 Å². The molecule has 0 aliphatic carbocycles. The Labute approximate surface area is 192 Å². The summed E-state index contributed by atoms with van der Waals surface area (Å²) in [6.45, 7) is 0.269. The molecule has 1 aliphatic rings. The monoisotopic (exact) mass is 465 g/mol. The van der Waals surface area contributed by atoms with E-state index in [4.69, 9.17) is 4.74 Å².